The Hall–Kier alpha value is -1.43. The Labute approximate surface area is 172 Å². The molecule has 3 rings (SSSR count). The molecule has 6 heteroatoms. The van der Waals surface area contributed by atoms with Crippen LogP contribution in [-0.2, 0) is 17.6 Å². The van der Waals surface area contributed by atoms with Crippen molar-refractivity contribution < 1.29 is 4.79 Å². The smallest absolute Gasteiger partial charge is 0.228 e. The minimum atomic E-state index is 0. The van der Waals surface area contributed by atoms with Crippen LogP contribution < -0.4 is 5.32 Å². The van der Waals surface area contributed by atoms with Gasteiger partial charge in [-0.05, 0) is 50.8 Å². The lowest BCUT2D eigenvalue weighted by molar-refractivity contribution is -0.131. The number of piperidine rings is 1. The molecule has 0 bridgehead atoms. The number of rotatable bonds is 7. The van der Waals surface area contributed by atoms with E-state index in [2.05, 4.69) is 41.5 Å². The minimum absolute atomic E-state index is 0. The number of aryl methyl sites for hydroxylation is 1. The molecule has 0 unspecified atom stereocenters. The highest BCUT2D eigenvalue weighted by atomic mass is 35.5. The van der Waals surface area contributed by atoms with Crippen LogP contribution in [0.15, 0.2) is 29.6 Å². The van der Waals surface area contributed by atoms with Gasteiger partial charge in [0.2, 0.25) is 5.91 Å². The quantitative estimate of drug-likeness (QED) is 0.748. The summed E-state index contributed by atoms with van der Waals surface area (Å²) in [4.78, 5) is 19.3. The average Bonchev–Trinajstić information content (AvgIpc) is 3.15. The molecule has 1 N–H and O–H groups in total. The predicted octanol–water partition coefficient (Wildman–Crippen LogP) is 4.18. The first kappa shape index (κ1) is 21.9. The van der Waals surface area contributed by atoms with Crippen LogP contribution in [0, 0.1) is 5.92 Å². The number of aromatic nitrogens is 1. The van der Waals surface area contributed by atoms with Crippen molar-refractivity contribution in [2.75, 3.05) is 26.7 Å². The molecule has 0 spiro atoms. The van der Waals surface area contributed by atoms with E-state index >= 15 is 0 Å². The predicted molar refractivity (Wildman–Crippen MR) is 116 cm³/mol. The number of hydrogen-bond donors (Lipinski definition) is 1. The van der Waals surface area contributed by atoms with Crippen LogP contribution >= 0.6 is 23.7 Å². The van der Waals surface area contributed by atoms with Gasteiger partial charge in [0.05, 0.1) is 12.1 Å². The van der Waals surface area contributed by atoms with Gasteiger partial charge >= 0.3 is 0 Å². The molecule has 1 aromatic heterocycles. The van der Waals surface area contributed by atoms with Gasteiger partial charge in [0.25, 0.3) is 0 Å². The van der Waals surface area contributed by atoms with Crippen LogP contribution in [0.2, 0.25) is 0 Å². The van der Waals surface area contributed by atoms with Gasteiger partial charge < -0.3 is 10.2 Å². The fourth-order valence-electron chi connectivity index (χ4n) is 3.49. The van der Waals surface area contributed by atoms with Crippen molar-refractivity contribution in [2.24, 2.45) is 5.92 Å². The number of carbonyl (C=O) groups excluding carboxylic acids is 1. The first-order valence-electron chi connectivity index (χ1n) is 9.65. The molecule has 1 saturated heterocycles. The molecule has 2 heterocycles. The lowest BCUT2D eigenvalue weighted by Gasteiger charge is -2.32. The first-order valence-corrected chi connectivity index (χ1v) is 10.5. The van der Waals surface area contributed by atoms with Gasteiger partial charge in [-0.1, -0.05) is 31.2 Å². The van der Waals surface area contributed by atoms with Gasteiger partial charge in [0.1, 0.15) is 5.01 Å². The number of carbonyl (C=O) groups is 1. The second-order valence-corrected chi connectivity index (χ2v) is 7.95. The van der Waals surface area contributed by atoms with Crippen LogP contribution in [0.5, 0.6) is 0 Å². The van der Waals surface area contributed by atoms with Crippen molar-refractivity contribution in [3.8, 4) is 10.6 Å². The zero-order chi connectivity index (χ0) is 18.4. The fourth-order valence-corrected chi connectivity index (χ4v) is 4.32. The fraction of sp³-hybridized carbons (Fsp3) is 0.524. The topological polar surface area (TPSA) is 45.2 Å². The molecular formula is C21H30ClN3OS. The number of nitrogens with one attached hydrogen (secondary N) is 1. The van der Waals surface area contributed by atoms with Gasteiger partial charge in [0, 0.05) is 24.0 Å². The van der Waals surface area contributed by atoms with E-state index in [1.165, 1.54) is 12.0 Å². The van der Waals surface area contributed by atoms with E-state index in [4.69, 9.17) is 0 Å². The van der Waals surface area contributed by atoms with Crippen molar-refractivity contribution in [1.29, 1.82) is 0 Å². The van der Waals surface area contributed by atoms with Crippen LogP contribution in [0.25, 0.3) is 10.6 Å². The average molecular weight is 408 g/mol. The number of likely N-dealkylation sites (tertiary alicyclic amines) is 1. The number of nitrogens with zero attached hydrogens (tertiary/aromatic N) is 2. The van der Waals surface area contributed by atoms with Crippen molar-refractivity contribution >= 4 is 29.7 Å². The third-order valence-electron chi connectivity index (χ3n) is 5.26. The first-order chi connectivity index (χ1) is 12.7. The summed E-state index contributed by atoms with van der Waals surface area (Å²) in [5.41, 5.74) is 3.36. The molecule has 148 valence electrons. The lowest BCUT2D eigenvalue weighted by atomic mass is 9.93. The summed E-state index contributed by atoms with van der Waals surface area (Å²) in [6, 6.07) is 8.55. The number of amides is 1. The van der Waals surface area contributed by atoms with Crippen LogP contribution in [-0.4, -0.2) is 42.5 Å². The monoisotopic (exact) mass is 407 g/mol. The minimum Gasteiger partial charge on any atom is -0.342 e. The number of hydrogen-bond acceptors (Lipinski definition) is 4. The molecule has 1 fully saturated rings. The van der Waals surface area contributed by atoms with Crippen LogP contribution in [0.3, 0.4) is 0 Å². The van der Waals surface area contributed by atoms with Crippen molar-refractivity contribution in [1.82, 2.24) is 15.2 Å². The lowest BCUT2D eigenvalue weighted by Crippen LogP contribution is -2.39. The Bertz CT molecular complexity index is 708. The zero-order valence-corrected chi connectivity index (χ0v) is 17.9. The summed E-state index contributed by atoms with van der Waals surface area (Å²) in [6.07, 6.45) is 4.93. The second-order valence-electron chi connectivity index (χ2n) is 7.09. The molecule has 0 atom stereocenters. The Kier molecular flexibility index (Phi) is 8.74. The molecule has 2 aromatic rings. The Balaban J connectivity index is 0.00000261. The summed E-state index contributed by atoms with van der Waals surface area (Å²) in [6.45, 7) is 5.01. The second kappa shape index (κ2) is 10.8. The molecule has 0 radical (unpaired) electrons. The summed E-state index contributed by atoms with van der Waals surface area (Å²) in [7, 11) is 2.00. The molecule has 1 aliphatic heterocycles. The Morgan fingerprint density at radius 1 is 1.26 bits per heavy atom. The van der Waals surface area contributed by atoms with Gasteiger partial charge in [-0.2, -0.15) is 0 Å². The molecule has 4 nitrogen and oxygen atoms in total. The Morgan fingerprint density at radius 2 is 1.96 bits per heavy atom. The molecule has 0 saturated carbocycles. The van der Waals surface area contributed by atoms with Gasteiger partial charge in [0.15, 0.2) is 0 Å². The maximum absolute atomic E-state index is 12.6. The Morgan fingerprint density at radius 3 is 2.59 bits per heavy atom. The van der Waals surface area contributed by atoms with E-state index < -0.39 is 0 Å². The molecule has 0 aliphatic carbocycles. The van der Waals surface area contributed by atoms with Crippen molar-refractivity contribution in [2.45, 2.75) is 39.0 Å². The van der Waals surface area contributed by atoms with Crippen molar-refractivity contribution in [3.63, 3.8) is 0 Å². The summed E-state index contributed by atoms with van der Waals surface area (Å²) in [5.74, 6) is 0.971. The van der Waals surface area contributed by atoms with Crippen molar-refractivity contribution in [3.05, 3.63) is 40.9 Å². The number of benzene rings is 1. The molecule has 1 amide bonds. The van der Waals surface area contributed by atoms with Gasteiger partial charge in [-0.25, -0.2) is 4.98 Å². The van der Waals surface area contributed by atoms with E-state index in [-0.39, 0.29) is 18.3 Å². The third kappa shape index (κ3) is 6.03. The summed E-state index contributed by atoms with van der Waals surface area (Å²) < 4.78 is 0. The van der Waals surface area contributed by atoms with Crippen LogP contribution in [0.4, 0.5) is 0 Å². The highest BCUT2D eigenvalue weighted by Crippen LogP contribution is 2.25. The van der Waals surface area contributed by atoms with Gasteiger partial charge in [-0.15, -0.1) is 23.7 Å². The van der Waals surface area contributed by atoms with E-state index in [0.29, 0.717) is 6.42 Å². The standard InChI is InChI=1S/C21H29N3OS.ClH/c1-3-16-4-6-18(7-5-16)21-23-19(15-26-21)14-20(25)24-12-9-17(10-13-24)8-11-22-2;/h4-7,15,17,22H,3,8-14H2,1-2H3;1H. The largest absolute Gasteiger partial charge is 0.342 e. The molecular weight excluding hydrogens is 378 g/mol. The SMILES string of the molecule is CCc1ccc(-c2nc(CC(=O)N3CCC(CCNC)CC3)cs2)cc1.Cl. The van der Waals surface area contributed by atoms with E-state index in [9.17, 15) is 4.79 Å². The highest BCUT2D eigenvalue weighted by molar-refractivity contribution is 7.13. The summed E-state index contributed by atoms with van der Waals surface area (Å²) in [5, 5.41) is 6.25. The third-order valence-corrected chi connectivity index (χ3v) is 6.20. The summed E-state index contributed by atoms with van der Waals surface area (Å²) >= 11 is 1.63. The normalized spacial score (nSPS) is 14.8. The number of thiazole rings is 1. The van der Waals surface area contributed by atoms with E-state index in [1.807, 2.05) is 17.3 Å². The van der Waals surface area contributed by atoms with Gasteiger partial charge in [-0.3, -0.25) is 4.79 Å². The van der Waals surface area contributed by atoms with E-state index in [0.717, 1.165) is 61.1 Å². The zero-order valence-electron chi connectivity index (χ0n) is 16.2. The maximum Gasteiger partial charge on any atom is 0.228 e. The number of halogens is 1. The highest BCUT2D eigenvalue weighted by Gasteiger charge is 2.23. The molecule has 1 aliphatic rings. The van der Waals surface area contributed by atoms with E-state index in [1.54, 1.807) is 11.3 Å². The maximum atomic E-state index is 12.6. The van der Waals surface area contributed by atoms with Crippen LogP contribution in [0.1, 0.15) is 37.4 Å². The molecule has 1 aromatic carbocycles. The molecule has 27 heavy (non-hydrogen) atoms.